The van der Waals surface area contributed by atoms with E-state index in [4.69, 9.17) is 0 Å². The molecule has 0 spiro atoms. The number of hydrogen-bond acceptors (Lipinski definition) is 3. The average molecular weight is 337 g/mol. The zero-order valence-corrected chi connectivity index (χ0v) is 14.0. The van der Waals surface area contributed by atoms with E-state index in [1.807, 2.05) is 13.8 Å². The summed E-state index contributed by atoms with van der Waals surface area (Å²) in [5.41, 5.74) is 1.34. The van der Waals surface area contributed by atoms with E-state index in [-0.39, 0.29) is 17.2 Å². The van der Waals surface area contributed by atoms with Gasteiger partial charge in [0.2, 0.25) is 0 Å². The van der Waals surface area contributed by atoms with Crippen LogP contribution in [0.4, 0.5) is 8.78 Å². The summed E-state index contributed by atoms with van der Waals surface area (Å²) in [6.07, 6.45) is -1.17. The molecule has 1 aromatic heterocycles. The number of aliphatic hydroxyl groups is 1. The van der Waals surface area contributed by atoms with Crippen LogP contribution in [-0.2, 0) is 7.05 Å². The van der Waals surface area contributed by atoms with Crippen LogP contribution < -0.4 is 5.32 Å². The van der Waals surface area contributed by atoms with Gasteiger partial charge < -0.3 is 10.4 Å². The number of aliphatic hydroxyl groups excluding tert-OH is 1. The quantitative estimate of drug-likeness (QED) is 0.881. The molecule has 0 bridgehead atoms. The summed E-state index contributed by atoms with van der Waals surface area (Å²) in [7, 11) is 1.76. The monoisotopic (exact) mass is 337 g/mol. The highest BCUT2D eigenvalue weighted by atomic mass is 19.2. The summed E-state index contributed by atoms with van der Waals surface area (Å²) in [6.45, 7) is 5.57. The molecule has 1 aromatic carbocycles. The molecule has 7 heteroatoms. The number of carbonyl (C=O) groups excluding carboxylic acids is 1. The van der Waals surface area contributed by atoms with E-state index in [1.165, 1.54) is 6.07 Å². The maximum absolute atomic E-state index is 13.3. The molecule has 0 saturated carbocycles. The molecule has 130 valence electrons. The highest BCUT2D eigenvalue weighted by Gasteiger charge is 2.22. The summed E-state index contributed by atoms with van der Waals surface area (Å²) in [6, 6.07) is 4.13. The largest absolute Gasteiger partial charge is 0.386 e. The van der Waals surface area contributed by atoms with Gasteiger partial charge in [0.25, 0.3) is 5.91 Å². The first-order valence-corrected chi connectivity index (χ1v) is 7.68. The first-order valence-electron chi connectivity index (χ1n) is 7.68. The molecule has 2 atom stereocenters. The summed E-state index contributed by atoms with van der Waals surface area (Å²) in [5, 5.41) is 17.0. The van der Waals surface area contributed by atoms with Crippen molar-refractivity contribution in [3.63, 3.8) is 0 Å². The Bertz CT molecular complexity index is 743. The van der Waals surface area contributed by atoms with Crippen molar-refractivity contribution in [3.8, 4) is 0 Å². The van der Waals surface area contributed by atoms with Gasteiger partial charge in [0, 0.05) is 12.7 Å². The van der Waals surface area contributed by atoms with Crippen LogP contribution in [0.3, 0.4) is 0 Å². The lowest BCUT2D eigenvalue weighted by Gasteiger charge is -2.20. The number of carbonyl (C=O) groups is 1. The van der Waals surface area contributed by atoms with Gasteiger partial charge in [-0.3, -0.25) is 9.48 Å². The molecule has 1 heterocycles. The fourth-order valence-corrected chi connectivity index (χ4v) is 2.48. The van der Waals surface area contributed by atoms with Crippen molar-refractivity contribution in [2.75, 3.05) is 0 Å². The lowest BCUT2D eigenvalue weighted by molar-refractivity contribution is 0.0846. The number of amides is 1. The summed E-state index contributed by atoms with van der Waals surface area (Å²) in [5.74, 6) is -2.25. The van der Waals surface area contributed by atoms with Crippen LogP contribution >= 0.6 is 0 Å². The maximum Gasteiger partial charge on any atom is 0.272 e. The zero-order valence-electron chi connectivity index (χ0n) is 14.0. The lowest BCUT2D eigenvalue weighted by atomic mass is 10.0. The third-order valence-corrected chi connectivity index (χ3v) is 3.86. The van der Waals surface area contributed by atoms with Gasteiger partial charge in [0.05, 0.1) is 12.1 Å². The molecule has 0 aliphatic carbocycles. The third-order valence-electron chi connectivity index (χ3n) is 3.86. The Labute approximate surface area is 139 Å². The normalized spacial score (nSPS) is 13.8. The Morgan fingerprint density at radius 3 is 2.42 bits per heavy atom. The fourth-order valence-electron chi connectivity index (χ4n) is 2.48. The Morgan fingerprint density at radius 1 is 1.21 bits per heavy atom. The molecule has 2 rings (SSSR count). The molecule has 0 fully saturated rings. The van der Waals surface area contributed by atoms with Crippen molar-refractivity contribution in [2.45, 2.75) is 38.8 Å². The molecule has 0 saturated heterocycles. The Balaban J connectivity index is 2.10. The minimum Gasteiger partial charge on any atom is -0.386 e. The van der Waals surface area contributed by atoms with E-state index in [0.717, 1.165) is 17.8 Å². The summed E-state index contributed by atoms with van der Waals surface area (Å²) >= 11 is 0. The van der Waals surface area contributed by atoms with Crippen molar-refractivity contribution >= 4 is 5.91 Å². The number of halogens is 2. The molecule has 2 N–H and O–H groups in total. The Kier molecular flexibility index (Phi) is 5.33. The SMILES string of the molecule is CC(C)c1cc(C(=O)NC(C)C(O)c2ccc(F)c(F)c2)nn1C. The topological polar surface area (TPSA) is 67.2 Å². The van der Waals surface area contributed by atoms with Crippen molar-refractivity contribution in [3.05, 3.63) is 52.9 Å². The second-order valence-electron chi connectivity index (χ2n) is 6.11. The molecular formula is C17H21F2N3O2. The van der Waals surface area contributed by atoms with Gasteiger partial charge in [-0.15, -0.1) is 0 Å². The van der Waals surface area contributed by atoms with E-state index in [2.05, 4.69) is 10.4 Å². The first kappa shape index (κ1) is 18.1. The maximum atomic E-state index is 13.3. The fraction of sp³-hybridized carbons (Fsp3) is 0.412. The molecule has 0 aliphatic rings. The average Bonchev–Trinajstić information content (AvgIpc) is 2.91. The van der Waals surface area contributed by atoms with Gasteiger partial charge in [-0.05, 0) is 36.6 Å². The van der Waals surface area contributed by atoms with Gasteiger partial charge >= 0.3 is 0 Å². The van der Waals surface area contributed by atoms with Crippen LogP contribution in [0.2, 0.25) is 0 Å². The smallest absolute Gasteiger partial charge is 0.272 e. The van der Waals surface area contributed by atoms with Crippen LogP contribution in [-0.4, -0.2) is 26.8 Å². The third kappa shape index (κ3) is 3.79. The highest BCUT2D eigenvalue weighted by Crippen LogP contribution is 2.20. The van der Waals surface area contributed by atoms with Crippen molar-refractivity contribution in [1.29, 1.82) is 0 Å². The van der Waals surface area contributed by atoms with E-state index in [9.17, 15) is 18.7 Å². The Hall–Kier alpha value is -2.28. The lowest BCUT2D eigenvalue weighted by Crippen LogP contribution is -2.37. The second-order valence-corrected chi connectivity index (χ2v) is 6.11. The number of aromatic nitrogens is 2. The van der Waals surface area contributed by atoms with Gasteiger partial charge in [-0.2, -0.15) is 5.10 Å². The number of rotatable bonds is 5. The number of hydrogen-bond donors (Lipinski definition) is 2. The highest BCUT2D eigenvalue weighted by molar-refractivity contribution is 5.92. The molecule has 5 nitrogen and oxygen atoms in total. The predicted molar refractivity (Wildman–Crippen MR) is 85.5 cm³/mol. The molecular weight excluding hydrogens is 316 g/mol. The molecule has 2 unspecified atom stereocenters. The summed E-state index contributed by atoms with van der Waals surface area (Å²) in [4.78, 5) is 12.3. The van der Waals surface area contributed by atoms with Crippen LogP contribution in [0.5, 0.6) is 0 Å². The molecule has 1 amide bonds. The summed E-state index contributed by atoms with van der Waals surface area (Å²) < 4.78 is 27.9. The van der Waals surface area contributed by atoms with Gasteiger partial charge in [0.1, 0.15) is 5.69 Å². The Morgan fingerprint density at radius 2 is 1.88 bits per heavy atom. The molecule has 0 aliphatic heterocycles. The standard InChI is InChI=1S/C17H21F2N3O2/c1-9(2)15-8-14(21-22(15)4)17(24)20-10(3)16(23)11-5-6-12(18)13(19)7-11/h5-10,16,23H,1-4H3,(H,20,24). The van der Waals surface area contributed by atoms with Crippen molar-refractivity contribution < 1.29 is 18.7 Å². The minimum absolute atomic E-state index is 0.186. The number of aryl methyl sites for hydroxylation is 1. The molecule has 24 heavy (non-hydrogen) atoms. The van der Waals surface area contributed by atoms with Gasteiger partial charge in [-0.25, -0.2) is 8.78 Å². The number of benzene rings is 1. The van der Waals surface area contributed by atoms with Crippen LogP contribution in [0.15, 0.2) is 24.3 Å². The second kappa shape index (κ2) is 7.09. The van der Waals surface area contributed by atoms with Crippen molar-refractivity contribution in [2.24, 2.45) is 7.05 Å². The number of nitrogens with zero attached hydrogens (tertiary/aromatic N) is 2. The van der Waals surface area contributed by atoms with Crippen LogP contribution in [0.1, 0.15) is 54.5 Å². The molecule has 0 radical (unpaired) electrons. The van der Waals surface area contributed by atoms with E-state index >= 15 is 0 Å². The zero-order chi connectivity index (χ0) is 18.0. The van der Waals surface area contributed by atoms with Gasteiger partial charge in [0.15, 0.2) is 11.6 Å². The van der Waals surface area contributed by atoms with E-state index in [1.54, 1.807) is 24.7 Å². The first-order chi connectivity index (χ1) is 11.2. The van der Waals surface area contributed by atoms with Gasteiger partial charge in [-0.1, -0.05) is 19.9 Å². The predicted octanol–water partition coefficient (Wildman–Crippen LogP) is 2.67. The van der Waals surface area contributed by atoms with Crippen LogP contribution in [0.25, 0.3) is 0 Å². The van der Waals surface area contributed by atoms with Crippen molar-refractivity contribution in [1.82, 2.24) is 15.1 Å². The molecule has 2 aromatic rings. The number of nitrogens with one attached hydrogen (secondary N) is 1. The minimum atomic E-state index is -1.17. The van der Waals surface area contributed by atoms with E-state index in [0.29, 0.717) is 0 Å². The van der Waals surface area contributed by atoms with Crippen LogP contribution in [0, 0.1) is 11.6 Å². The van der Waals surface area contributed by atoms with E-state index < -0.39 is 29.7 Å².